The highest BCUT2D eigenvalue weighted by atomic mass is 79.9. The number of rotatable bonds is 3. The largest absolute Gasteiger partial charge is 0.207 e. The lowest BCUT2D eigenvalue weighted by molar-refractivity contribution is 0.592. The van der Waals surface area contributed by atoms with Crippen molar-refractivity contribution in [2.75, 3.05) is 0 Å². The average molecular weight is 697 g/mol. The second-order valence-corrected chi connectivity index (χ2v) is 13.3. The van der Waals surface area contributed by atoms with Crippen molar-refractivity contribution in [3.8, 4) is 11.1 Å². The summed E-state index contributed by atoms with van der Waals surface area (Å²) in [7, 11) is 0. The van der Waals surface area contributed by atoms with Gasteiger partial charge in [-0.2, -0.15) is 0 Å². The molecule has 0 spiro atoms. The van der Waals surface area contributed by atoms with E-state index in [4.69, 9.17) is 0 Å². The minimum atomic E-state index is -0.209. The van der Waals surface area contributed by atoms with E-state index < -0.39 is 0 Å². The predicted molar refractivity (Wildman–Crippen MR) is 181 cm³/mol. The van der Waals surface area contributed by atoms with Crippen molar-refractivity contribution >= 4 is 31.9 Å². The van der Waals surface area contributed by atoms with Crippen molar-refractivity contribution in [3.05, 3.63) is 129 Å². The van der Waals surface area contributed by atoms with Crippen LogP contribution in [-0.2, 0) is 0 Å². The van der Waals surface area contributed by atoms with Crippen LogP contribution in [0.1, 0.15) is 100 Å². The Morgan fingerprint density at radius 3 is 1.31 bits per heavy atom. The summed E-state index contributed by atoms with van der Waals surface area (Å²) >= 11 is 6.61. The van der Waals surface area contributed by atoms with Crippen LogP contribution < -0.4 is 0 Å². The van der Waals surface area contributed by atoms with Gasteiger partial charge in [0.1, 0.15) is 11.6 Å². The molecule has 4 aromatic carbocycles. The van der Waals surface area contributed by atoms with Gasteiger partial charge in [0.05, 0.1) is 0 Å². The standard InChI is InChI=1S/C19H21F.C13H17Br.C6H4BrF/c20-19-9-5-8-18(14-19)17-12-10-16(11-13-17)15-6-3-1-2-4-7-15;14-13-9-7-12(8-10-13)11-5-3-1-2-4-6-11;7-5-2-1-3-6(8)4-5/h5,8-15H,1-4,6-7H2;7-11H,1-6H2;1-4H. The number of benzene rings is 4. The van der Waals surface area contributed by atoms with E-state index in [1.54, 1.807) is 24.3 Å². The van der Waals surface area contributed by atoms with Crippen LogP contribution in [0, 0.1) is 11.6 Å². The molecule has 2 saturated carbocycles. The van der Waals surface area contributed by atoms with Gasteiger partial charge < -0.3 is 0 Å². The van der Waals surface area contributed by atoms with E-state index in [0.717, 1.165) is 27.4 Å². The van der Waals surface area contributed by atoms with E-state index >= 15 is 0 Å². The number of halogens is 4. The van der Waals surface area contributed by atoms with Crippen LogP contribution in [0.15, 0.2) is 106 Å². The van der Waals surface area contributed by atoms with Crippen LogP contribution in [0.3, 0.4) is 0 Å². The normalized spacial score (nSPS) is 16.2. The van der Waals surface area contributed by atoms with Crippen LogP contribution >= 0.6 is 31.9 Å². The zero-order valence-electron chi connectivity index (χ0n) is 24.4. The maximum Gasteiger partial charge on any atom is 0.124 e. The summed E-state index contributed by atoms with van der Waals surface area (Å²) in [6.45, 7) is 0. The van der Waals surface area contributed by atoms with Crippen LogP contribution in [0.5, 0.6) is 0 Å². The summed E-state index contributed by atoms with van der Waals surface area (Å²) in [5.41, 5.74) is 5.04. The Morgan fingerprint density at radius 2 is 0.881 bits per heavy atom. The molecule has 0 radical (unpaired) electrons. The van der Waals surface area contributed by atoms with Crippen molar-refractivity contribution in [2.45, 2.75) is 88.9 Å². The van der Waals surface area contributed by atoms with Gasteiger partial charge in [-0.3, -0.25) is 0 Å². The molecule has 0 unspecified atom stereocenters. The first-order chi connectivity index (χ1) is 20.5. The minimum absolute atomic E-state index is 0.171. The average Bonchev–Trinajstić information content (AvgIpc) is 3.45. The Kier molecular flexibility index (Phi) is 13.8. The highest BCUT2D eigenvalue weighted by Gasteiger charge is 2.15. The molecule has 2 fully saturated rings. The van der Waals surface area contributed by atoms with E-state index in [1.165, 1.54) is 111 Å². The molecule has 4 aromatic rings. The molecule has 0 N–H and O–H groups in total. The van der Waals surface area contributed by atoms with Crippen molar-refractivity contribution < 1.29 is 8.78 Å². The van der Waals surface area contributed by atoms with Gasteiger partial charge in [0, 0.05) is 8.95 Å². The molecule has 0 amide bonds. The Hall–Kier alpha value is -2.30. The predicted octanol–water partition coefficient (Wildman–Crippen LogP) is 13.4. The third kappa shape index (κ3) is 11.1. The molecule has 222 valence electrons. The summed E-state index contributed by atoms with van der Waals surface area (Å²) in [6.07, 6.45) is 16.6. The molecule has 0 atom stereocenters. The summed E-state index contributed by atoms with van der Waals surface area (Å²) in [4.78, 5) is 0. The second kappa shape index (κ2) is 17.7. The van der Waals surface area contributed by atoms with E-state index in [1.807, 2.05) is 6.07 Å². The Bertz CT molecular complexity index is 1300. The minimum Gasteiger partial charge on any atom is -0.207 e. The van der Waals surface area contributed by atoms with E-state index in [2.05, 4.69) is 80.4 Å². The lowest BCUT2D eigenvalue weighted by atomic mass is 9.90. The molecular weight excluding hydrogens is 654 g/mol. The fourth-order valence-corrected chi connectivity index (χ4v) is 6.67. The second-order valence-electron chi connectivity index (χ2n) is 11.5. The van der Waals surface area contributed by atoms with Crippen LogP contribution in [0.25, 0.3) is 11.1 Å². The molecule has 0 heterocycles. The van der Waals surface area contributed by atoms with Crippen molar-refractivity contribution in [1.29, 1.82) is 0 Å². The fourth-order valence-electron chi connectivity index (χ4n) is 6.04. The summed E-state index contributed by atoms with van der Waals surface area (Å²) in [5, 5.41) is 0. The molecular formula is C38H42Br2F2. The third-order valence-electron chi connectivity index (χ3n) is 8.38. The molecule has 4 heteroatoms. The first-order valence-corrected chi connectivity index (χ1v) is 17.1. The molecule has 0 saturated heterocycles. The number of hydrogen-bond donors (Lipinski definition) is 0. The van der Waals surface area contributed by atoms with Gasteiger partial charge >= 0.3 is 0 Å². The molecule has 0 aliphatic heterocycles. The maximum atomic E-state index is 13.3. The number of hydrogen-bond acceptors (Lipinski definition) is 0. The van der Waals surface area contributed by atoms with Crippen molar-refractivity contribution in [1.82, 2.24) is 0 Å². The van der Waals surface area contributed by atoms with Crippen LogP contribution in [0.2, 0.25) is 0 Å². The molecule has 42 heavy (non-hydrogen) atoms. The molecule has 2 aliphatic carbocycles. The topological polar surface area (TPSA) is 0 Å². The monoisotopic (exact) mass is 694 g/mol. The van der Waals surface area contributed by atoms with Gasteiger partial charge in [-0.05, 0) is 102 Å². The lowest BCUT2D eigenvalue weighted by Gasteiger charge is -2.15. The van der Waals surface area contributed by atoms with Gasteiger partial charge in [0.2, 0.25) is 0 Å². The quantitative estimate of drug-likeness (QED) is 0.187. The summed E-state index contributed by atoms with van der Waals surface area (Å²) < 4.78 is 27.4. The van der Waals surface area contributed by atoms with E-state index in [9.17, 15) is 8.78 Å². The summed E-state index contributed by atoms with van der Waals surface area (Å²) in [5.74, 6) is 1.17. The first-order valence-electron chi connectivity index (χ1n) is 15.5. The van der Waals surface area contributed by atoms with E-state index in [0.29, 0.717) is 0 Å². The van der Waals surface area contributed by atoms with Crippen LogP contribution in [-0.4, -0.2) is 0 Å². The molecule has 0 aromatic heterocycles. The Labute approximate surface area is 268 Å². The van der Waals surface area contributed by atoms with Gasteiger partial charge in [0.15, 0.2) is 0 Å². The molecule has 2 aliphatic rings. The zero-order chi connectivity index (χ0) is 29.6. The summed E-state index contributed by atoms with van der Waals surface area (Å²) in [6, 6.07) is 30.7. The van der Waals surface area contributed by atoms with Gasteiger partial charge in [-0.25, -0.2) is 8.78 Å². The van der Waals surface area contributed by atoms with Gasteiger partial charge in [-0.15, -0.1) is 0 Å². The smallest absolute Gasteiger partial charge is 0.124 e. The van der Waals surface area contributed by atoms with E-state index in [-0.39, 0.29) is 11.6 Å². The molecule has 6 rings (SSSR count). The van der Waals surface area contributed by atoms with Crippen molar-refractivity contribution in [3.63, 3.8) is 0 Å². The van der Waals surface area contributed by atoms with Crippen molar-refractivity contribution in [2.24, 2.45) is 0 Å². The Balaban J connectivity index is 0.000000159. The highest BCUT2D eigenvalue weighted by Crippen LogP contribution is 2.33. The van der Waals surface area contributed by atoms with Gasteiger partial charge in [0.25, 0.3) is 0 Å². The first kappa shape index (κ1) is 32.6. The lowest BCUT2D eigenvalue weighted by Crippen LogP contribution is -1.96. The highest BCUT2D eigenvalue weighted by molar-refractivity contribution is 9.10. The zero-order valence-corrected chi connectivity index (χ0v) is 27.6. The van der Waals surface area contributed by atoms with Crippen LogP contribution in [0.4, 0.5) is 8.78 Å². The fraction of sp³-hybridized carbons (Fsp3) is 0.368. The maximum absolute atomic E-state index is 13.3. The molecule has 0 bridgehead atoms. The molecule has 0 nitrogen and oxygen atoms in total. The Morgan fingerprint density at radius 1 is 0.429 bits per heavy atom. The SMILES string of the molecule is Brc1ccc(C2CCCCCC2)cc1.Fc1cccc(-c2ccc(C3CCCCCC3)cc2)c1.Fc1cccc(Br)c1. The third-order valence-corrected chi connectivity index (χ3v) is 9.40. The van der Waals surface area contributed by atoms with Gasteiger partial charge in [-0.1, -0.05) is 138 Å².